The predicted octanol–water partition coefficient (Wildman–Crippen LogP) is 5.90. The van der Waals surface area contributed by atoms with Crippen molar-refractivity contribution in [2.24, 2.45) is 0 Å². The van der Waals surface area contributed by atoms with Crippen LogP contribution in [-0.4, -0.2) is 22.1 Å². The fourth-order valence-electron chi connectivity index (χ4n) is 2.42. The third-order valence-corrected chi connectivity index (χ3v) is 5.35. The summed E-state index contributed by atoms with van der Waals surface area (Å²) in [5.74, 6) is 1.19. The Morgan fingerprint density at radius 3 is 2.17 bits per heavy atom. The molecule has 0 aliphatic rings. The molecule has 0 N–H and O–H groups in total. The van der Waals surface area contributed by atoms with E-state index in [9.17, 15) is 4.79 Å². The molecule has 1 atom stereocenters. The van der Waals surface area contributed by atoms with Gasteiger partial charge in [-0.3, -0.25) is 4.79 Å². The molecule has 0 amide bonds. The van der Waals surface area contributed by atoms with E-state index in [2.05, 4.69) is 47.8 Å². The van der Waals surface area contributed by atoms with Crippen molar-refractivity contribution >= 4 is 53.6 Å². The van der Waals surface area contributed by atoms with Gasteiger partial charge in [0.2, 0.25) is 0 Å². The third kappa shape index (κ3) is 4.83. The minimum Gasteiger partial charge on any atom is -0.493 e. The second-order valence-electron chi connectivity index (χ2n) is 5.20. The van der Waals surface area contributed by atoms with Crippen molar-refractivity contribution in [3.8, 4) is 11.5 Å². The molecule has 0 radical (unpaired) electrons. The third-order valence-electron chi connectivity index (χ3n) is 3.69. The summed E-state index contributed by atoms with van der Waals surface area (Å²) in [6.07, 6.45) is 0.321. The Bertz CT molecular complexity index is 696. The number of carbonyl (C=O) groups is 1. The van der Waals surface area contributed by atoms with E-state index >= 15 is 0 Å². The van der Waals surface area contributed by atoms with Crippen LogP contribution in [0.15, 0.2) is 48.5 Å². The number of methoxy groups -OCH3 is 2. The van der Waals surface area contributed by atoms with Crippen LogP contribution in [0.4, 0.5) is 0 Å². The van der Waals surface area contributed by atoms with Crippen molar-refractivity contribution < 1.29 is 14.3 Å². The van der Waals surface area contributed by atoms with Crippen LogP contribution in [0.3, 0.4) is 0 Å². The number of halogens is 3. The van der Waals surface area contributed by atoms with Crippen LogP contribution in [0.2, 0.25) is 0 Å². The number of benzene rings is 2. The summed E-state index contributed by atoms with van der Waals surface area (Å²) >= 11 is 10.7. The normalized spacial score (nSPS) is 12.5. The Labute approximate surface area is 167 Å². The van der Waals surface area contributed by atoms with Crippen LogP contribution < -0.4 is 9.47 Å². The largest absolute Gasteiger partial charge is 0.493 e. The van der Waals surface area contributed by atoms with Crippen LogP contribution in [0.5, 0.6) is 11.5 Å². The molecule has 2 aromatic carbocycles. The second kappa shape index (κ2) is 8.50. The molecule has 0 fully saturated rings. The lowest BCUT2D eigenvalue weighted by atomic mass is 9.93. The number of carbonyl (C=O) groups excluding carboxylic acids is 1. The maximum atomic E-state index is 12.6. The minimum atomic E-state index is -0.614. The van der Waals surface area contributed by atoms with Gasteiger partial charge in [0.05, 0.1) is 14.2 Å². The van der Waals surface area contributed by atoms with E-state index in [4.69, 9.17) is 9.47 Å². The average Bonchev–Trinajstić information content (AvgIpc) is 2.58. The molecule has 0 spiro atoms. The Hall–Kier alpha value is -0.850. The number of ketones is 1. The molecule has 0 aliphatic heterocycles. The highest BCUT2D eigenvalue weighted by molar-refractivity contribution is 9.39. The number of ether oxygens (including phenoxy) is 2. The van der Waals surface area contributed by atoms with Gasteiger partial charge >= 0.3 is 0 Å². The van der Waals surface area contributed by atoms with E-state index in [1.165, 1.54) is 0 Å². The van der Waals surface area contributed by atoms with Gasteiger partial charge in [-0.2, -0.15) is 0 Å². The Morgan fingerprint density at radius 1 is 1.00 bits per heavy atom. The van der Waals surface area contributed by atoms with Crippen LogP contribution in [0.1, 0.15) is 28.3 Å². The van der Waals surface area contributed by atoms with Crippen molar-refractivity contribution in [3.63, 3.8) is 0 Å². The van der Waals surface area contributed by atoms with E-state index in [-0.39, 0.29) is 11.7 Å². The van der Waals surface area contributed by atoms with Crippen molar-refractivity contribution in [2.75, 3.05) is 14.2 Å². The summed E-state index contributed by atoms with van der Waals surface area (Å²) < 4.78 is 10.0. The minimum absolute atomic E-state index is 0.0677. The molecule has 6 heteroatoms. The first kappa shape index (κ1) is 19.5. The van der Waals surface area contributed by atoms with Gasteiger partial charge in [0.1, 0.15) is 2.14 Å². The van der Waals surface area contributed by atoms with Gasteiger partial charge in [-0.1, -0.05) is 84.2 Å². The fourth-order valence-corrected chi connectivity index (χ4v) is 3.70. The van der Waals surface area contributed by atoms with Gasteiger partial charge in [0.15, 0.2) is 17.3 Å². The van der Waals surface area contributed by atoms with Crippen LogP contribution in [0, 0.1) is 0 Å². The molecule has 2 rings (SSSR count). The number of hydrogen-bond donors (Lipinski definition) is 0. The van der Waals surface area contributed by atoms with Gasteiger partial charge in [0.25, 0.3) is 0 Å². The smallest absolute Gasteiger partial charge is 0.163 e. The molecule has 0 saturated heterocycles. The van der Waals surface area contributed by atoms with Gasteiger partial charge < -0.3 is 9.47 Å². The van der Waals surface area contributed by atoms with Crippen LogP contribution in [0.25, 0.3) is 0 Å². The SMILES string of the molecule is COc1ccc(C(CC(=O)c2ccccc2)C(Br)(Br)Br)cc1OC. The highest BCUT2D eigenvalue weighted by Gasteiger charge is 2.34. The monoisotopic (exact) mass is 518 g/mol. The van der Waals surface area contributed by atoms with Gasteiger partial charge in [0, 0.05) is 17.9 Å². The molecule has 24 heavy (non-hydrogen) atoms. The quantitative estimate of drug-likeness (QED) is 0.351. The Morgan fingerprint density at radius 2 is 1.62 bits per heavy atom. The van der Waals surface area contributed by atoms with E-state index in [1.54, 1.807) is 14.2 Å². The number of rotatable bonds is 6. The highest BCUT2D eigenvalue weighted by Crippen LogP contribution is 2.49. The lowest BCUT2D eigenvalue weighted by Gasteiger charge is -2.26. The van der Waals surface area contributed by atoms with E-state index in [0.29, 0.717) is 23.5 Å². The first-order valence-corrected chi connectivity index (χ1v) is 9.61. The zero-order chi connectivity index (χ0) is 17.7. The maximum absolute atomic E-state index is 12.6. The molecule has 0 aliphatic carbocycles. The summed E-state index contributed by atoms with van der Waals surface area (Å²) in [7, 11) is 3.19. The number of Topliss-reactive ketones (excluding diaryl/α,β-unsaturated/α-hetero) is 1. The maximum Gasteiger partial charge on any atom is 0.163 e. The van der Waals surface area contributed by atoms with Crippen molar-refractivity contribution in [3.05, 3.63) is 59.7 Å². The molecule has 0 aromatic heterocycles. The average molecular weight is 521 g/mol. The number of alkyl halides is 3. The molecule has 2 aromatic rings. The van der Waals surface area contributed by atoms with E-state index in [0.717, 1.165) is 5.56 Å². The molecule has 0 bridgehead atoms. The zero-order valence-corrected chi connectivity index (χ0v) is 18.0. The van der Waals surface area contributed by atoms with Crippen LogP contribution in [-0.2, 0) is 0 Å². The lowest BCUT2D eigenvalue weighted by molar-refractivity contribution is 0.0975. The molecule has 0 heterocycles. The fraction of sp³-hybridized carbons (Fsp3) is 0.278. The summed E-state index contributed by atoms with van der Waals surface area (Å²) in [6, 6.07) is 14.9. The summed E-state index contributed by atoms with van der Waals surface area (Å²) in [6.45, 7) is 0. The Kier molecular flexibility index (Phi) is 6.89. The first-order valence-electron chi connectivity index (χ1n) is 7.23. The summed E-state index contributed by atoms with van der Waals surface area (Å²) in [4.78, 5) is 12.6. The molecule has 3 nitrogen and oxygen atoms in total. The van der Waals surface area contributed by atoms with Crippen LogP contribution >= 0.6 is 47.8 Å². The van der Waals surface area contributed by atoms with Crippen molar-refractivity contribution in [1.82, 2.24) is 0 Å². The summed E-state index contributed by atoms with van der Waals surface area (Å²) in [5, 5.41) is 0. The first-order chi connectivity index (χ1) is 11.4. The van der Waals surface area contributed by atoms with E-state index < -0.39 is 2.14 Å². The topological polar surface area (TPSA) is 35.5 Å². The van der Waals surface area contributed by atoms with Gasteiger partial charge in [-0.05, 0) is 17.7 Å². The highest BCUT2D eigenvalue weighted by atomic mass is 80.0. The van der Waals surface area contributed by atoms with Gasteiger partial charge in [-0.25, -0.2) is 0 Å². The molecular formula is C18H17Br3O3. The predicted molar refractivity (Wildman–Crippen MR) is 107 cm³/mol. The second-order valence-corrected chi connectivity index (χ2v) is 12.1. The van der Waals surface area contributed by atoms with Gasteiger partial charge in [-0.15, -0.1) is 0 Å². The molecule has 1 unspecified atom stereocenters. The lowest BCUT2D eigenvalue weighted by Crippen LogP contribution is -2.19. The van der Waals surface area contributed by atoms with Crippen molar-refractivity contribution in [2.45, 2.75) is 14.5 Å². The molecular weight excluding hydrogens is 504 g/mol. The summed E-state index contributed by atoms with van der Waals surface area (Å²) in [5.41, 5.74) is 1.64. The van der Waals surface area contributed by atoms with Crippen molar-refractivity contribution in [1.29, 1.82) is 0 Å². The van der Waals surface area contributed by atoms with E-state index in [1.807, 2.05) is 48.5 Å². The standard InChI is InChI=1S/C18H17Br3O3/c1-23-16-9-8-13(10-17(16)24-2)14(18(19,20)21)11-15(22)12-6-4-3-5-7-12/h3-10,14H,11H2,1-2H3. The molecule has 128 valence electrons. The molecule has 0 saturated carbocycles. The Balaban J connectivity index is 2.34. The number of hydrogen-bond acceptors (Lipinski definition) is 3. The zero-order valence-electron chi connectivity index (χ0n) is 13.3.